The largest absolute Gasteiger partial charge is 0.352 e. The average Bonchev–Trinajstić information content (AvgIpc) is 2.98. The lowest BCUT2D eigenvalue weighted by molar-refractivity contribution is -0.121. The van der Waals surface area contributed by atoms with Crippen LogP contribution in [0, 0.1) is 0 Å². The zero-order valence-corrected chi connectivity index (χ0v) is 14.5. The van der Waals surface area contributed by atoms with E-state index >= 15 is 0 Å². The number of piperidine rings is 1. The van der Waals surface area contributed by atoms with Crippen LogP contribution in [0.3, 0.4) is 0 Å². The van der Waals surface area contributed by atoms with Gasteiger partial charge in [-0.1, -0.05) is 18.0 Å². The third-order valence-electron chi connectivity index (χ3n) is 4.95. The van der Waals surface area contributed by atoms with Gasteiger partial charge in [0.25, 0.3) is 5.91 Å². The number of amides is 2. The van der Waals surface area contributed by atoms with Gasteiger partial charge in [-0.3, -0.25) is 14.5 Å². The summed E-state index contributed by atoms with van der Waals surface area (Å²) in [6.07, 6.45) is 5.05. The number of nitrogens with one attached hydrogen (secondary N) is 2. The van der Waals surface area contributed by atoms with E-state index in [0.717, 1.165) is 19.5 Å². The highest BCUT2D eigenvalue weighted by Crippen LogP contribution is 2.27. The molecule has 2 aliphatic heterocycles. The normalized spacial score (nSPS) is 23.5. The number of carbonyl (C=O) groups excluding carboxylic acids is 2. The van der Waals surface area contributed by atoms with Crippen LogP contribution in [-0.2, 0) is 4.79 Å². The Balaban J connectivity index is 1.39. The molecule has 2 saturated heterocycles. The van der Waals surface area contributed by atoms with E-state index in [0.29, 0.717) is 29.6 Å². The average molecular weight is 350 g/mol. The van der Waals surface area contributed by atoms with Gasteiger partial charge in [0.2, 0.25) is 5.91 Å². The van der Waals surface area contributed by atoms with Crippen LogP contribution >= 0.6 is 11.6 Å². The first kappa shape index (κ1) is 17.2. The van der Waals surface area contributed by atoms with Gasteiger partial charge in [0.1, 0.15) is 0 Å². The summed E-state index contributed by atoms with van der Waals surface area (Å²) in [7, 11) is 0. The highest BCUT2D eigenvalue weighted by atomic mass is 35.5. The lowest BCUT2D eigenvalue weighted by atomic mass is 9.99. The van der Waals surface area contributed by atoms with E-state index in [2.05, 4.69) is 15.5 Å². The van der Waals surface area contributed by atoms with Crippen molar-refractivity contribution in [3.8, 4) is 0 Å². The van der Waals surface area contributed by atoms with Crippen molar-refractivity contribution in [2.24, 2.45) is 0 Å². The Morgan fingerprint density at radius 1 is 1.12 bits per heavy atom. The Labute approximate surface area is 147 Å². The number of carbonyl (C=O) groups is 2. The smallest absolute Gasteiger partial charge is 0.251 e. The Bertz CT molecular complexity index is 590. The molecule has 1 aromatic rings. The molecule has 130 valence electrons. The zero-order chi connectivity index (χ0) is 16.9. The monoisotopic (exact) mass is 349 g/mol. The number of fused-ring (bicyclic) bond motifs is 1. The summed E-state index contributed by atoms with van der Waals surface area (Å²) in [6, 6.07) is 7.48. The molecular weight excluding hydrogens is 326 g/mol. The van der Waals surface area contributed by atoms with E-state index in [4.69, 9.17) is 11.6 Å². The number of benzene rings is 1. The standard InChI is InChI=1S/C18H24ClN3O2/c19-14-6-4-13(5-7-14)18(24)20-10-8-17(23)21-15-9-12-22-11-2-1-3-16(15)22/h4-7,15-16H,1-3,8-12H2,(H,20,24)(H,21,23)/t15-,16-/m1/s1. The molecule has 2 aliphatic rings. The molecule has 1 aromatic carbocycles. The molecule has 0 aliphatic carbocycles. The van der Waals surface area contributed by atoms with Crippen molar-refractivity contribution < 1.29 is 9.59 Å². The van der Waals surface area contributed by atoms with Gasteiger partial charge >= 0.3 is 0 Å². The van der Waals surface area contributed by atoms with Crippen molar-refractivity contribution in [1.29, 1.82) is 0 Å². The van der Waals surface area contributed by atoms with Crippen LogP contribution in [0.25, 0.3) is 0 Å². The van der Waals surface area contributed by atoms with Crippen LogP contribution < -0.4 is 10.6 Å². The van der Waals surface area contributed by atoms with Crippen LogP contribution in [0.4, 0.5) is 0 Å². The van der Waals surface area contributed by atoms with Gasteiger partial charge in [-0.25, -0.2) is 0 Å². The van der Waals surface area contributed by atoms with E-state index in [1.165, 1.54) is 19.3 Å². The van der Waals surface area contributed by atoms with E-state index in [-0.39, 0.29) is 17.9 Å². The molecule has 5 nitrogen and oxygen atoms in total. The quantitative estimate of drug-likeness (QED) is 0.856. The summed E-state index contributed by atoms with van der Waals surface area (Å²) >= 11 is 5.80. The molecule has 2 N–H and O–H groups in total. The summed E-state index contributed by atoms with van der Waals surface area (Å²) in [5.41, 5.74) is 0.549. The minimum absolute atomic E-state index is 0.0174. The minimum Gasteiger partial charge on any atom is -0.352 e. The summed E-state index contributed by atoms with van der Waals surface area (Å²) in [4.78, 5) is 26.6. The molecule has 2 heterocycles. The lowest BCUT2D eigenvalue weighted by Gasteiger charge is -2.32. The number of hydrogen-bond acceptors (Lipinski definition) is 3. The molecule has 3 rings (SSSR count). The molecule has 2 fully saturated rings. The SMILES string of the molecule is O=C(CCNC(=O)c1ccc(Cl)cc1)N[C@@H]1CCN2CCCC[C@H]12. The molecule has 0 aromatic heterocycles. The maximum absolute atomic E-state index is 12.1. The second-order valence-electron chi connectivity index (χ2n) is 6.57. The molecule has 0 saturated carbocycles. The first-order valence-corrected chi connectivity index (χ1v) is 9.08. The Hall–Kier alpha value is -1.59. The van der Waals surface area contributed by atoms with Crippen LogP contribution in [0.15, 0.2) is 24.3 Å². The Kier molecular flexibility index (Phi) is 5.74. The number of hydrogen-bond donors (Lipinski definition) is 2. The third-order valence-corrected chi connectivity index (χ3v) is 5.20. The first-order chi connectivity index (χ1) is 11.6. The fourth-order valence-electron chi connectivity index (χ4n) is 3.69. The molecule has 0 unspecified atom stereocenters. The molecule has 24 heavy (non-hydrogen) atoms. The third kappa shape index (κ3) is 4.28. The van der Waals surface area contributed by atoms with Crippen molar-refractivity contribution in [1.82, 2.24) is 15.5 Å². The maximum Gasteiger partial charge on any atom is 0.251 e. The highest BCUT2D eigenvalue weighted by Gasteiger charge is 2.35. The van der Waals surface area contributed by atoms with Crippen LogP contribution in [0.2, 0.25) is 5.02 Å². The number of rotatable bonds is 5. The lowest BCUT2D eigenvalue weighted by Crippen LogP contribution is -2.47. The number of halogens is 1. The van der Waals surface area contributed by atoms with Crippen molar-refractivity contribution >= 4 is 23.4 Å². The second kappa shape index (κ2) is 7.99. The van der Waals surface area contributed by atoms with Gasteiger partial charge in [-0.2, -0.15) is 0 Å². The van der Waals surface area contributed by atoms with Gasteiger partial charge in [0.05, 0.1) is 0 Å². The minimum atomic E-state index is -0.182. The van der Waals surface area contributed by atoms with Gasteiger partial charge in [-0.05, 0) is 50.1 Å². The second-order valence-corrected chi connectivity index (χ2v) is 7.01. The summed E-state index contributed by atoms with van der Waals surface area (Å²) < 4.78 is 0. The molecule has 0 bridgehead atoms. The topological polar surface area (TPSA) is 61.4 Å². The summed E-state index contributed by atoms with van der Waals surface area (Å²) in [5, 5.41) is 6.52. The van der Waals surface area contributed by atoms with Crippen molar-refractivity contribution in [2.75, 3.05) is 19.6 Å². The van der Waals surface area contributed by atoms with E-state index in [1.54, 1.807) is 24.3 Å². The Morgan fingerprint density at radius 3 is 2.71 bits per heavy atom. The van der Waals surface area contributed by atoms with Crippen molar-refractivity contribution in [2.45, 2.75) is 44.2 Å². The molecule has 6 heteroatoms. The molecule has 0 radical (unpaired) electrons. The number of nitrogens with zero attached hydrogens (tertiary/aromatic N) is 1. The summed E-state index contributed by atoms with van der Waals surface area (Å²) in [5.74, 6) is -0.164. The summed E-state index contributed by atoms with van der Waals surface area (Å²) in [6.45, 7) is 2.59. The van der Waals surface area contributed by atoms with E-state index < -0.39 is 0 Å². The van der Waals surface area contributed by atoms with Crippen molar-refractivity contribution in [3.63, 3.8) is 0 Å². The fraction of sp³-hybridized carbons (Fsp3) is 0.556. The van der Waals surface area contributed by atoms with Gasteiger partial charge in [0.15, 0.2) is 0 Å². The fourth-order valence-corrected chi connectivity index (χ4v) is 3.81. The molecule has 2 atom stereocenters. The molecule has 2 amide bonds. The van der Waals surface area contributed by atoms with Crippen LogP contribution in [0.1, 0.15) is 42.5 Å². The predicted octanol–water partition coefficient (Wildman–Crippen LogP) is 2.20. The van der Waals surface area contributed by atoms with E-state index in [9.17, 15) is 9.59 Å². The Morgan fingerprint density at radius 2 is 1.92 bits per heavy atom. The first-order valence-electron chi connectivity index (χ1n) is 8.70. The van der Waals surface area contributed by atoms with Crippen molar-refractivity contribution in [3.05, 3.63) is 34.9 Å². The highest BCUT2D eigenvalue weighted by molar-refractivity contribution is 6.30. The van der Waals surface area contributed by atoms with Crippen LogP contribution in [-0.4, -0.2) is 48.4 Å². The van der Waals surface area contributed by atoms with Gasteiger partial charge in [-0.15, -0.1) is 0 Å². The van der Waals surface area contributed by atoms with E-state index in [1.807, 2.05) is 0 Å². The predicted molar refractivity (Wildman–Crippen MR) is 94.2 cm³/mol. The maximum atomic E-state index is 12.1. The van der Waals surface area contributed by atoms with Gasteiger partial charge in [0, 0.05) is 42.2 Å². The van der Waals surface area contributed by atoms with Gasteiger partial charge < -0.3 is 10.6 Å². The van der Waals surface area contributed by atoms with Crippen LogP contribution in [0.5, 0.6) is 0 Å². The zero-order valence-electron chi connectivity index (χ0n) is 13.8. The molecule has 0 spiro atoms. The molecular formula is C18H24ClN3O2.